The van der Waals surface area contributed by atoms with Crippen molar-refractivity contribution in [1.82, 2.24) is 15.2 Å². The zero-order chi connectivity index (χ0) is 23.5. The standard InChI is InChI=1S/C24H24ClFN4O3/c1-23(2)21(32)27-11-12-29(23)20(31)17-7-8-18-19(28-17)24(9-3-4-10-24)22(33)30(18)14-5-6-15(25)16(26)13-14/h5-8,13H,3-4,9-12H2,1-2H3,(H,27,32). The molecule has 5 rings (SSSR count). The molecule has 1 saturated carbocycles. The van der Waals surface area contributed by atoms with Gasteiger partial charge in [-0.3, -0.25) is 19.3 Å². The predicted octanol–water partition coefficient (Wildman–Crippen LogP) is 3.71. The van der Waals surface area contributed by atoms with Crippen molar-refractivity contribution >= 4 is 40.7 Å². The maximum Gasteiger partial charge on any atom is 0.273 e. The summed E-state index contributed by atoms with van der Waals surface area (Å²) in [5, 5.41) is 2.76. The smallest absolute Gasteiger partial charge is 0.273 e. The lowest BCUT2D eigenvalue weighted by atomic mass is 9.83. The highest BCUT2D eigenvalue weighted by Crippen LogP contribution is 2.52. The van der Waals surface area contributed by atoms with E-state index in [1.54, 1.807) is 32.0 Å². The van der Waals surface area contributed by atoms with Crippen LogP contribution < -0.4 is 10.2 Å². The number of carbonyl (C=O) groups is 3. The number of carbonyl (C=O) groups excluding carboxylic acids is 3. The van der Waals surface area contributed by atoms with Gasteiger partial charge in [-0.2, -0.15) is 0 Å². The van der Waals surface area contributed by atoms with Gasteiger partial charge >= 0.3 is 0 Å². The van der Waals surface area contributed by atoms with Gasteiger partial charge in [0.05, 0.1) is 27.5 Å². The third-order valence-corrected chi connectivity index (χ3v) is 7.42. The Kier molecular flexibility index (Phi) is 4.97. The van der Waals surface area contributed by atoms with Gasteiger partial charge in [-0.25, -0.2) is 9.37 Å². The molecule has 1 aromatic carbocycles. The van der Waals surface area contributed by atoms with Gasteiger partial charge in [0.1, 0.15) is 17.1 Å². The molecule has 1 saturated heterocycles. The van der Waals surface area contributed by atoms with Crippen LogP contribution in [-0.2, 0) is 15.0 Å². The van der Waals surface area contributed by atoms with Gasteiger partial charge in [0, 0.05) is 13.1 Å². The molecule has 0 atom stereocenters. The number of anilines is 2. The number of fused-ring (bicyclic) bond motifs is 2. The summed E-state index contributed by atoms with van der Waals surface area (Å²) < 4.78 is 14.2. The second kappa shape index (κ2) is 7.52. The van der Waals surface area contributed by atoms with E-state index < -0.39 is 16.8 Å². The fourth-order valence-electron chi connectivity index (χ4n) is 5.23. The number of nitrogens with one attached hydrogen (secondary N) is 1. The first-order chi connectivity index (χ1) is 15.7. The van der Waals surface area contributed by atoms with Crippen LogP contribution >= 0.6 is 11.6 Å². The molecule has 2 aliphatic heterocycles. The Hall–Kier alpha value is -3.00. The Bertz CT molecular complexity index is 1190. The van der Waals surface area contributed by atoms with Crippen molar-refractivity contribution in [2.75, 3.05) is 18.0 Å². The van der Waals surface area contributed by atoms with Gasteiger partial charge in [0.2, 0.25) is 11.8 Å². The zero-order valence-corrected chi connectivity index (χ0v) is 19.2. The summed E-state index contributed by atoms with van der Waals surface area (Å²) in [6.07, 6.45) is 2.97. The van der Waals surface area contributed by atoms with Crippen LogP contribution in [0.4, 0.5) is 15.8 Å². The van der Waals surface area contributed by atoms with Crippen LogP contribution in [0.5, 0.6) is 0 Å². The molecular formula is C24H24ClFN4O3. The SMILES string of the molecule is CC1(C)C(=O)NCCN1C(=O)c1ccc2c(n1)C1(CCCC1)C(=O)N2c1ccc(Cl)c(F)c1. The van der Waals surface area contributed by atoms with Crippen LogP contribution in [-0.4, -0.2) is 46.2 Å². The molecule has 9 heteroatoms. The van der Waals surface area contributed by atoms with E-state index in [1.165, 1.54) is 21.9 Å². The first-order valence-electron chi connectivity index (χ1n) is 11.1. The van der Waals surface area contributed by atoms with E-state index in [-0.39, 0.29) is 28.4 Å². The quantitative estimate of drug-likeness (QED) is 0.725. The maximum absolute atomic E-state index is 14.2. The van der Waals surface area contributed by atoms with Crippen molar-refractivity contribution in [3.05, 3.63) is 52.6 Å². The van der Waals surface area contributed by atoms with Crippen LogP contribution in [0.15, 0.2) is 30.3 Å². The highest BCUT2D eigenvalue weighted by Gasteiger charge is 2.54. The summed E-state index contributed by atoms with van der Waals surface area (Å²) in [5.41, 5.74) is -0.178. The van der Waals surface area contributed by atoms with Crippen molar-refractivity contribution in [3.63, 3.8) is 0 Å². The monoisotopic (exact) mass is 470 g/mol. The molecule has 3 heterocycles. The fraction of sp³-hybridized carbons (Fsp3) is 0.417. The highest BCUT2D eigenvalue weighted by atomic mass is 35.5. The third kappa shape index (κ3) is 3.14. The fourth-order valence-corrected chi connectivity index (χ4v) is 5.35. The van der Waals surface area contributed by atoms with Crippen LogP contribution in [0, 0.1) is 5.82 Å². The Morgan fingerprint density at radius 2 is 1.88 bits per heavy atom. The third-order valence-electron chi connectivity index (χ3n) is 7.11. The zero-order valence-electron chi connectivity index (χ0n) is 18.5. The van der Waals surface area contributed by atoms with Crippen LogP contribution in [0.1, 0.15) is 55.7 Å². The molecular weight excluding hydrogens is 447 g/mol. The average molecular weight is 471 g/mol. The number of pyridine rings is 1. The van der Waals surface area contributed by atoms with Crippen LogP contribution in [0.2, 0.25) is 5.02 Å². The lowest BCUT2D eigenvalue weighted by molar-refractivity contribution is -0.133. The Morgan fingerprint density at radius 1 is 1.15 bits per heavy atom. The molecule has 3 amide bonds. The van der Waals surface area contributed by atoms with E-state index in [0.29, 0.717) is 43.0 Å². The minimum atomic E-state index is -1.01. The Labute approximate surface area is 195 Å². The largest absolute Gasteiger partial charge is 0.352 e. The molecule has 1 aliphatic carbocycles. The van der Waals surface area contributed by atoms with Crippen molar-refractivity contribution in [2.24, 2.45) is 0 Å². The van der Waals surface area contributed by atoms with Gasteiger partial charge in [-0.1, -0.05) is 24.4 Å². The molecule has 1 spiro atoms. The second-order valence-electron chi connectivity index (χ2n) is 9.36. The maximum atomic E-state index is 14.2. The summed E-state index contributed by atoms with van der Waals surface area (Å²) in [7, 11) is 0. The normalized spacial score (nSPS) is 20.8. The minimum absolute atomic E-state index is 0.0200. The number of halogens is 2. The predicted molar refractivity (Wildman–Crippen MR) is 121 cm³/mol. The van der Waals surface area contributed by atoms with Crippen molar-refractivity contribution < 1.29 is 18.8 Å². The molecule has 33 heavy (non-hydrogen) atoms. The summed E-state index contributed by atoms with van der Waals surface area (Å²) in [6, 6.07) is 7.54. The summed E-state index contributed by atoms with van der Waals surface area (Å²) >= 11 is 5.85. The summed E-state index contributed by atoms with van der Waals surface area (Å²) in [6.45, 7) is 4.14. The Morgan fingerprint density at radius 3 is 2.58 bits per heavy atom. The van der Waals surface area contributed by atoms with Crippen molar-refractivity contribution in [1.29, 1.82) is 0 Å². The van der Waals surface area contributed by atoms with Crippen LogP contribution in [0.25, 0.3) is 0 Å². The van der Waals surface area contributed by atoms with E-state index in [1.807, 2.05) is 0 Å². The molecule has 3 aliphatic rings. The van der Waals surface area contributed by atoms with E-state index in [9.17, 15) is 18.8 Å². The number of piperazine rings is 1. The first kappa shape index (κ1) is 21.8. The Balaban J connectivity index is 1.60. The minimum Gasteiger partial charge on any atom is -0.352 e. The summed E-state index contributed by atoms with van der Waals surface area (Å²) in [4.78, 5) is 47.1. The molecule has 2 aromatic rings. The lowest BCUT2D eigenvalue weighted by Gasteiger charge is -2.41. The van der Waals surface area contributed by atoms with Crippen molar-refractivity contribution in [3.8, 4) is 0 Å². The van der Waals surface area contributed by atoms with Crippen molar-refractivity contribution in [2.45, 2.75) is 50.5 Å². The van der Waals surface area contributed by atoms with Gasteiger partial charge in [0.25, 0.3) is 5.91 Å². The molecule has 0 bridgehead atoms. The average Bonchev–Trinajstić information content (AvgIpc) is 3.37. The number of amides is 3. The number of benzene rings is 1. The molecule has 2 fully saturated rings. The number of hydrogen-bond donors (Lipinski definition) is 1. The number of rotatable bonds is 2. The number of aromatic nitrogens is 1. The van der Waals surface area contributed by atoms with Gasteiger partial charge in [0.15, 0.2) is 0 Å². The molecule has 1 aromatic heterocycles. The molecule has 7 nitrogen and oxygen atoms in total. The van der Waals surface area contributed by atoms with E-state index in [2.05, 4.69) is 5.32 Å². The second-order valence-corrected chi connectivity index (χ2v) is 9.77. The molecule has 0 radical (unpaired) electrons. The van der Waals surface area contributed by atoms with Gasteiger partial charge in [-0.05, 0) is 57.0 Å². The summed E-state index contributed by atoms with van der Waals surface area (Å²) in [5.74, 6) is -1.34. The van der Waals surface area contributed by atoms with E-state index in [4.69, 9.17) is 16.6 Å². The molecule has 172 valence electrons. The van der Waals surface area contributed by atoms with E-state index >= 15 is 0 Å². The molecule has 1 N–H and O–H groups in total. The highest BCUT2D eigenvalue weighted by molar-refractivity contribution is 6.30. The van der Waals surface area contributed by atoms with Gasteiger partial charge in [-0.15, -0.1) is 0 Å². The van der Waals surface area contributed by atoms with E-state index in [0.717, 1.165) is 12.8 Å². The first-order valence-corrected chi connectivity index (χ1v) is 11.5. The molecule has 0 unspecified atom stereocenters. The van der Waals surface area contributed by atoms with Gasteiger partial charge < -0.3 is 10.2 Å². The topological polar surface area (TPSA) is 82.6 Å². The lowest BCUT2D eigenvalue weighted by Crippen LogP contribution is -2.63. The number of hydrogen-bond acceptors (Lipinski definition) is 4. The van der Waals surface area contributed by atoms with Crippen LogP contribution in [0.3, 0.4) is 0 Å². The number of nitrogens with zero attached hydrogens (tertiary/aromatic N) is 3.